The van der Waals surface area contributed by atoms with Crippen LogP contribution in [0.1, 0.15) is 5.89 Å². The molecule has 0 spiro atoms. The number of hydrogen-bond donors (Lipinski definition) is 1. The van der Waals surface area contributed by atoms with Gasteiger partial charge in [0.05, 0.1) is 11.3 Å². The number of nitrogen functional groups attached to an aromatic ring is 1. The monoisotopic (exact) mass is 211 g/mol. The molecular weight excluding hydrogens is 204 g/mol. The number of nitrogens with two attached hydrogens (primary N) is 1. The lowest BCUT2D eigenvalue weighted by atomic mass is 10.2. The number of benzene rings is 1. The van der Waals surface area contributed by atoms with Crippen molar-refractivity contribution in [2.24, 2.45) is 0 Å². The van der Waals surface area contributed by atoms with Gasteiger partial charge in [-0.1, -0.05) is 0 Å². The van der Waals surface area contributed by atoms with Gasteiger partial charge in [-0.15, -0.1) is 10.2 Å². The van der Waals surface area contributed by atoms with Crippen LogP contribution >= 0.6 is 0 Å². The second-order valence-corrected chi connectivity index (χ2v) is 2.98. The van der Waals surface area contributed by atoms with Crippen LogP contribution in [-0.2, 0) is 0 Å². The van der Waals surface area contributed by atoms with Gasteiger partial charge >= 0.3 is 0 Å². The van der Waals surface area contributed by atoms with Gasteiger partial charge in [-0.05, 0) is 12.1 Å². The maximum atomic E-state index is 13.5. The highest BCUT2D eigenvalue weighted by Gasteiger charge is 2.15. The van der Waals surface area contributed by atoms with Gasteiger partial charge in [-0.2, -0.15) is 0 Å². The number of aromatic nitrogens is 2. The van der Waals surface area contributed by atoms with Crippen LogP contribution in [0.4, 0.5) is 14.5 Å². The fourth-order valence-corrected chi connectivity index (χ4v) is 1.17. The van der Waals surface area contributed by atoms with E-state index < -0.39 is 11.6 Å². The first-order chi connectivity index (χ1) is 7.08. The Hall–Kier alpha value is -1.98. The molecule has 0 unspecified atom stereocenters. The molecular formula is C9H7F2N3O. The number of aryl methyl sites for hydroxylation is 1. The van der Waals surface area contributed by atoms with Crippen molar-refractivity contribution in [1.29, 1.82) is 0 Å². The van der Waals surface area contributed by atoms with Gasteiger partial charge in [0, 0.05) is 6.92 Å². The minimum atomic E-state index is -0.764. The first-order valence-corrected chi connectivity index (χ1v) is 4.13. The molecule has 0 fully saturated rings. The van der Waals surface area contributed by atoms with Crippen LogP contribution < -0.4 is 5.73 Å². The summed E-state index contributed by atoms with van der Waals surface area (Å²) in [5.41, 5.74) is 4.84. The third kappa shape index (κ3) is 1.65. The van der Waals surface area contributed by atoms with Gasteiger partial charge in [0.25, 0.3) is 5.89 Å². The quantitative estimate of drug-likeness (QED) is 0.731. The Kier molecular flexibility index (Phi) is 2.11. The third-order valence-corrected chi connectivity index (χ3v) is 1.82. The zero-order valence-electron chi connectivity index (χ0n) is 7.79. The van der Waals surface area contributed by atoms with Crippen LogP contribution in [0.3, 0.4) is 0 Å². The molecule has 78 valence electrons. The van der Waals surface area contributed by atoms with E-state index in [2.05, 4.69) is 10.2 Å². The summed E-state index contributed by atoms with van der Waals surface area (Å²) in [6.07, 6.45) is 0. The van der Waals surface area contributed by atoms with Crippen molar-refractivity contribution in [2.75, 3.05) is 5.73 Å². The highest BCUT2D eigenvalue weighted by molar-refractivity contribution is 5.61. The maximum Gasteiger partial charge on any atom is 0.250 e. The lowest BCUT2D eigenvalue weighted by Gasteiger charge is -2.01. The summed E-state index contributed by atoms with van der Waals surface area (Å²) in [4.78, 5) is 0. The number of nitrogens with zero attached hydrogens (tertiary/aromatic N) is 2. The molecule has 1 aromatic heterocycles. The van der Waals surface area contributed by atoms with Crippen molar-refractivity contribution in [3.63, 3.8) is 0 Å². The molecule has 0 saturated carbocycles. The number of hydrogen-bond acceptors (Lipinski definition) is 4. The summed E-state index contributed by atoms with van der Waals surface area (Å²) in [6, 6.07) is 1.85. The van der Waals surface area contributed by atoms with Crippen molar-refractivity contribution in [3.05, 3.63) is 29.7 Å². The molecule has 1 aromatic carbocycles. The van der Waals surface area contributed by atoms with E-state index in [1.54, 1.807) is 6.92 Å². The maximum absolute atomic E-state index is 13.5. The molecule has 15 heavy (non-hydrogen) atoms. The van der Waals surface area contributed by atoms with E-state index in [4.69, 9.17) is 10.2 Å². The van der Waals surface area contributed by atoms with Gasteiger partial charge in [0.15, 0.2) is 5.82 Å². The van der Waals surface area contributed by atoms with Crippen LogP contribution in [0.5, 0.6) is 0 Å². The van der Waals surface area contributed by atoms with Crippen LogP contribution in [0.25, 0.3) is 11.5 Å². The van der Waals surface area contributed by atoms with E-state index in [-0.39, 0.29) is 23.0 Å². The number of rotatable bonds is 1. The van der Waals surface area contributed by atoms with Crippen LogP contribution in [-0.4, -0.2) is 10.2 Å². The smallest absolute Gasteiger partial charge is 0.250 e. The third-order valence-electron chi connectivity index (χ3n) is 1.82. The molecule has 6 heteroatoms. The second-order valence-electron chi connectivity index (χ2n) is 2.98. The Morgan fingerprint density at radius 1 is 1.27 bits per heavy atom. The average molecular weight is 211 g/mol. The van der Waals surface area contributed by atoms with Crippen molar-refractivity contribution < 1.29 is 13.2 Å². The highest BCUT2D eigenvalue weighted by Crippen LogP contribution is 2.26. The van der Waals surface area contributed by atoms with E-state index in [0.717, 1.165) is 12.1 Å². The van der Waals surface area contributed by atoms with Crippen LogP contribution in [0.2, 0.25) is 0 Å². The highest BCUT2D eigenvalue weighted by atomic mass is 19.1. The molecule has 0 aliphatic carbocycles. The zero-order valence-corrected chi connectivity index (χ0v) is 7.79. The largest absolute Gasteiger partial charge is 0.421 e. The summed E-state index contributed by atoms with van der Waals surface area (Å²) in [5, 5.41) is 7.10. The predicted octanol–water partition coefficient (Wildman–Crippen LogP) is 1.91. The predicted molar refractivity (Wildman–Crippen MR) is 48.8 cm³/mol. The molecule has 0 radical (unpaired) electrons. The fourth-order valence-electron chi connectivity index (χ4n) is 1.17. The summed E-state index contributed by atoms with van der Waals surface area (Å²) in [6.45, 7) is 1.55. The van der Waals surface area contributed by atoms with Crippen molar-refractivity contribution >= 4 is 5.69 Å². The average Bonchev–Trinajstić information content (AvgIpc) is 2.58. The van der Waals surface area contributed by atoms with Gasteiger partial charge in [-0.3, -0.25) is 0 Å². The van der Waals surface area contributed by atoms with E-state index in [1.165, 1.54) is 0 Å². The Morgan fingerprint density at radius 2 is 2.00 bits per heavy atom. The van der Waals surface area contributed by atoms with Crippen molar-refractivity contribution in [1.82, 2.24) is 10.2 Å². The number of anilines is 1. The zero-order chi connectivity index (χ0) is 11.0. The number of halogens is 2. The van der Waals surface area contributed by atoms with Crippen LogP contribution in [0.15, 0.2) is 16.5 Å². The molecule has 0 atom stereocenters. The van der Waals surface area contributed by atoms with E-state index in [1.807, 2.05) is 0 Å². The van der Waals surface area contributed by atoms with E-state index in [0.29, 0.717) is 0 Å². The molecule has 2 rings (SSSR count). The second kappa shape index (κ2) is 3.30. The summed E-state index contributed by atoms with van der Waals surface area (Å²) < 4.78 is 31.4. The molecule has 0 saturated heterocycles. The van der Waals surface area contributed by atoms with Gasteiger partial charge in [0.2, 0.25) is 5.89 Å². The Bertz CT molecular complexity index is 510. The first-order valence-electron chi connectivity index (χ1n) is 4.13. The van der Waals surface area contributed by atoms with E-state index in [9.17, 15) is 8.78 Å². The molecule has 2 N–H and O–H groups in total. The lowest BCUT2D eigenvalue weighted by Crippen LogP contribution is -1.95. The van der Waals surface area contributed by atoms with Gasteiger partial charge in [-0.25, -0.2) is 8.78 Å². The molecule has 4 nitrogen and oxygen atoms in total. The standard InChI is InChI=1S/C9H7F2N3O/c1-4-13-14-9(15-4)6-2-5(10)3-7(12)8(6)11/h2-3H,12H2,1H3. The molecule has 0 aliphatic heterocycles. The lowest BCUT2D eigenvalue weighted by molar-refractivity contribution is 0.525. The van der Waals surface area contributed by atoms with Gasteiger partial charge in [0.1, 0.15) is 5.82 Å². The normalized spacial score (nSPS) is 10.6. The van der Waals surface area contributed by atoms with Crippen LogP contribution in [0, 0.1) is 18.6 Å². The molecule has 0 bridgehead atoms. The van der Waals surface area contributed by atoms with Crippen molar-refractivity contribution in [3.8, 4) is 11.5 Å². The summed E-state index contributed by atoms with van der Waals surface area (Å²) >= 11 is 0. The molecule has 0 aliphatic rings. The minimum Gasteiger partial charge on any atom is -0.421 e. The minimum absolute atomic E-state index is 0.0869. The van der Waals surface area contributed by atoms with Gasteiger partial charge < -0.3 is 10.2 Å². The molecule has 0 amide bonds. The molecule has 2 aromatic rings. The van der Waals surface area contributed by atoms with E-state index >= 15 is 0 Å². The first kappa shape index (κ1) is 9.57. The Labute approximate surface area is 83.7 Å². The Morgan fingerprint density at radius 3 is 2.60 bits per heavy atom. The Balaban J connectivity index is 2.62. The van der Waals surface area contributed by atoms with Crippen molar-refractivity contribution in [2.45, 2.75) is 6.92 Å². The SMILES string of the molecule is Cc1nnc(-c2cc(F)cc(N)c2F)o1. The fraction of sp³-hybridized carbons (Fsp3) is 0.111. The topological polar surface area (TPSA) is 64.9 Å². The summed E-state index contributed by atoms with van der Waals surface area (Å²) in [5.74, 6) is -1.23. The summed E-state index contributed by atoms with van der Waals surface area (Å²) in [7, 11) is 0. The molecule has 1 heterocycles.